The molecule has 0 fully saturated rings. The molecule has 0 saturated carbocycles. The van der Waals surface area contributed by atoms with Gasteiger partial charge in [0.2, 0.25) is 5.91 Å². The summed E-state index contributed by atoms with van der Waals surface area (Å²) >= 11 is 1.68. The lowest BCUT2D eigenvalue weighted by molar-refractivity contribution is -0.131. The van der Waals surface area contributed by atoms with Gasteiger partial charge in [0, 0.05) is 13.1 Å². The summed E-state index contributed by atoms with van der Waals surface area (Å²) in [6.07, 6.45) is 1.44. The Kier molecular flexibility index (Phi) is 5.09. The Labute approximate surface area is 141 Å². The number of hydrogen-bond acceptors (Lipinski definition) is 2. The summed E-state index contributed by atoms with van der Waals surface area (Å²) < 4.78 is 0. The van der Waals surface area contributed by atoms with E-state index in [0.717, 1.165) is 18.5 Å². The SMILES string of the molecule is CCCN(Cc1ccsc1)C(=O)Cc1cccc2ccccc12. The molecule has 3 aromatic rings. The number of rotatable bonds is 6. The van der Waals surface area contributed by atoms with Crippen LogP contribution < -0.4 is 0 Å². The molecule has 0 N–H and O–H groups in total. The summed E-state index contributed by atoms with van der Waals surface area (Å²) in [6, 6.07) is 16.6. The zero-order valence-electron chi connectivity index (χ0n) is 13.4. The lowest BCUT2D eigenvalue weighted by atomic mass is 10.0. The topological polar surface area (TPSA) is 20.3 Å². The number of fused-ring (bicyclic) bond motifs is 1. The zero-order valence-corrected chi connectivity index (χ0v) is 14.2. The molecule has 3 heteroatoms. The van der Waals surface area contributed by atoms with Crippen molar-refractivity contribution < 1.29 is 4.79 Å². The minimum Gasteiger partial charge on any atom is -0.338 e. The molecular formula is C20H21NOS. The van der Waals surface area contributed by atoms with Crippen LogP contribution in [0.1, 0.15) is 24.5 Å². The summed E-state index contributed by atoms with van der Waals surface area (Å²) in [5.74, 6) is 0.203. The third-order valence-corrected chi connectivity index (χ3v) is 4.75. The van der Waals surface area contributed by atoms with Crippen molar-refractivity contribution >= 4 is 28.0 Å². The van der Waals surface area contributed by atoms with E-state index in [1.807, 2.05) is 23.1 Å². The predicted molar refractivity (Wildman–Crippen MR) is 97.7 cm³/mol. The first-order valence-corrected chi connectivity index (χ1v) is 8.97. The van der Waals surface area contributed by atoms with Crippen LogP contribution in [0.2, 0.25) is 0 Å². The van der Waals surface area contributed by atoms with Gasteiger partial charge in [-0.05, 0) is 45.1 Å². The van der Waals surface area contributed by atoms with Crippen LogP contribution in [0, 0.1) is 0 Å². The van der Waals surface area contributed by atoms with Gasteiger partial charge in [-0.15, -0.1) is 0 Å². The minimum atomic E-state index is 0.203. The molecule has 118 valence electrons. The Bertz CT molecular complexity index is 774. The minimum absolute atomic E-state index is 0.203. The van der Waals surface area contributed by atoms with Crippen LogP contribution in [0.5, 0.6) is 0 Å². The van der Waals surface area contributed by atoms with Crippen molar-refractivity contribution in [1.82, 2.24) is 4.90 Å². The van der Waals surface area contributed by atoms with Crippen LogP contribution in [0.25, 0.3) is 10.8 Å². The highest BCUT2D eigenvalue weighted by Gasteiger charge is 2.15. The quantitative estimate of drug-likeness (QED) is 0.633. The maximum absolute atomic E-state index is 12.8. The van der Waals surface area contributed by atoms with E-state index >= 15 is 0 Å². The van der Waals surface area contributed by atoms with Gasteiger partial charge in [0.1, 0.15) is 0 Å². The molecule has 0 aliphatic heterocycles. The molecule has 2 aromatic carbocycles. The number of amides is 1. The van der Waals surface area contributed by atoms with Crippen LogP contribution in [-0.2, 0) is 17.8 Å². The van der Waals surface area contributed by atoms with Crippen molar-refractivity contribution in [2.75, 3.05) is 6.54 Å². The molecule has 23 heavy (non-hydrogen) atoms. The first-order chi connectivity index (χ1) is 11.3. The Hall–Kier alpha value is -2.13. The van der Waals surface area contributed by atoms with Crippen LogP contribution >= 0.6 is 11.3 Å². The summed E-state index contributed by atoms with van der Waals surface area (Å²) in [5, 5.41) is 6.55. The lowest BCUT2D eigenvalue weighted by Crippen LogP contribution is -2.32. The van der Waals surface area contributed by atoms with E-state index in [9.17, 15) is 4.79 Å². The Balaban J connectivity index is 1.80. The second kappa shape index (κ2) is 7.42. The number of thiophene rings is 1. The van der Waals surface area contributed by atoms with Gasteiger partial charge in [0.25, 0.3) is 0 Å². The molecule has 0 aliphatic rings. The highest BCUT2D eigenvalue weighted by molar-refractivity contribution is 7.07. The van der Waals surface area contributed by atoms with Crippen molar-refractivity contribution in [2.24, 2.45) is 0 Å². The van der Waals surface area contributed by atoms with Gasteiger partial charge < -0.3 is 4.90 Å². The number of nitrogens with zero attached hydrogens (tertiary/aromatic N) is 1. The van der Waals surface area contributed by atoms with Gasteiger partial charge in [0.15, 0.2) is 0 Å². The standard InChI is InChI=1S/C20H21NOS/c1-2-11-21(14-16-10-12-23-15-16)20(22)13-18-8-5-7-17-6-3-4-9-19(17)18/h3-10,12,15H,2,11,13-14H2,1H3. The maximum Gasteiger partial charge on any atom is 0.227 e. The van der Waals surface area contributed by atoms with Crippen molar-refractivity contribution in [3.05, 3.63) is 70.4 Å². The monoisotopic (exact) mass is 323 g/mol. The largest absolute Gasteiger partial charge is 0.338 e. The summed E-state index contributed by atoms with van der Waals surface area (Å²) in [6.45, 7) is 3.63. The van der Waals surface area contributed by atoms with Crippen molar-refractivity contribution in [3.63, 3.8) is 0 Å². The Morgan fingerprint density at radius 1 is 1.09 bits per heavy atom. The van der Waals surface area contributed by atoms with E-state index in [2.05, 4.69) is 48.0 Å². The molecule has 0 unspecified atom stereocenters. The molecular weight excluding hydrogens is 302 g/mol. The van der Waals surface area contributed by atoms with Gasteiger partial charge >= 0.3 is 0 Å². The molecule has 3 rings (SSSR count). The first kappa shape index (κ1) is 15.8. The smallest absolute Gasteiger partial charge is 0.227 e. The van der Waals surface area contributed by atoms with E-state index in [-0.39, 0.29) is 5.91 Å². The van der Waals surface area contributed by atoms with Crippen molar-refractivity contribution in [3.8, 4) is 0 Å². The normalized spacial score (nSPS) is 10.8. The average molecular weight is 323 g/mol. The number of carbonyl (C=O) groups excluding carboxylic acids is 1. The number of hydrogen-bond donors (Lipinski definition) is 0. The third kappa shape index (κ3) is 3.80. The van der Waals surface area contributed by atoms with E-state index < -0.39 is 0 Å². The van der Waals surface area contributed by atoms with E-state index in [0.29, 0.717) is 13.0 Å². The molecule has 0 bridgehead atoms. The van der Waals surface area contributed by atoms with E-state index in [4.69, 9.17) is 0 Å². The van der Waals surface area contributed by atoms with Crippen LogP contribution in [-0.4, -0.2) is 17.4 Å². The van der Waals surface area contributed by atoms with E-state index in [1.165, 1.54) is 16.3 Å². The molecule has 1 heterocycles. The highest BCUT2D eigenvalue weighted by atomic mass is 32.1. The second-order valence-electron chi connectivity index (χ2n) is 5.76. The van der Waals surface area contributed by atoms with Gasteiger partial charge in [0.05, 0.1) is 6.42 Å². The maximum atomic E-state index is 12.8. The molecule has 2 nitrogen and oxygen atoms in total. The predicted octanol–water partition coefficient (Wildman–Crippen LogP) is 4.88. The Morgan fingerprint density at radius 3 is 2.70 bits per heavy atom. The number of carbonyl (C=O) groups is 1. The highest BCUT2D eigenvalue weighted by Crippen LogP contribution is 2.20. The fourth-order valence-corrected chi connectivity index (χ4v) is 3.55. The summed E-state index contributed by atoms with van der Waals surface area (Å²) in [5.41, 5.74) is 2.33. The summed E-state index contributed by atoms with van der Waals surface area (Å²) in [4.78, 5) is 14.8. The van der Waals surface area contributed by atoms with Crippen molar-refractivity contribution in [1.29, 1.82) is 0 Å². The second-order valence-corrected chi connectivity index (χ2v) is 6.54. The van der Waals surface area contributed by atoms with Crippen molar-refractivity contribution in [2.45, 2.75) is 26.3 Å². The molecule has 0 saturated heterocycles. The first-order valence-electron chi connectivity index (χ1n) is 8.03. The molecule has 0 atom stereocenters. The van der Waals surface area contributed by atoms with E-state index in [1.54, 1.807) is 11.3 Å². The molecule has 1 aromatic heterocycles. The van der Waals surface area contributed by atoms with Gasteiger partial charge in [-0.3, -0.25) is 4.79 Å². The third-order valence-electron chi connectivity index (χ3n) is 4.02. The van der Waals surface area contributed by atoms with Crippen LogP contribution in [0.4, 0.5) is 0 Å². The molecule has 0 aliphatic carbocycles. The van der Waals surface area contributed by atoms with Gasteiger partial charge in [-0.2, -0.15) is 11.3 Å². The van der Waals surface area contributed by atoms with Crippen LogP contribution in [0.3, 0.4) is 0 Å². The van der Waals surface area contributed by atoms with Gasteiger partial charge in [-0.25, -0.2) is 0 Å². The average Bonchev–Trinajstić information content (AvgIpc) is 3.08. The Morgan fingerprint density at radius 2 is 1.91 bits per heavy atom. The molecule has 0 radical (unpaired) electrons. The molecule has 0 spiro atoms. The summed E-state index contributed by atoms with van der Waals surface area (Å²) in [7, 11) is 0. The zero-order chi connectivity index (χ0) is 16.1. The number of benzene rings is 2. The van der Waals surface area contributed by atoms with Gasteiger partial charge in [-0.1, -0.05) is 49.4 Å². The van der Waals surface area contributed by atoms with Crippen LogP contribution in [0.15, 0.2) is 59.3 Å². The lowest BCUT2D eigenvalue weighted by Gasteiger charge is -2.22. The fourth-order valence-electron chi connectivity index (χ4n) is 2.89. The molecule has 1 amide bonds. The fraction of sp³-hybridized carbons (Fsp3) is 0.250.